The Bertz CT molecular complexity index is 1170. The highest BCUT2D eigenvalue weighted by atomic mass is 32.1. The lowest BCUT2D eigenvalue weighted by Gasteiger charge is -2.36. The Hall–Kier alpha value is -3.29. The van der Waals surface area contributed by atoms with E-state index in [9.17, 15) is 14.0 Å². The summed E-state index contributed by atoms with van der Waals surface area (Å²) >= 11 is 1.41. The number of thiophene rings is 1. The average molecular weight is 448 g/mol. The molecule has 1 fully saturated rings. The van der Waals surface area contributed by atoms with Crippen molar-refractivity contribution in [3.63, 3.8) is 0 Å². The zero-order valence-electron chi connectivity index (χ0n) is 17.4. The minimum Gasteiger partial charge on any atom is -0.364 e. The predicted molar refractivity (Wildman–Crippen MR) is 123 cm³/mol. The van der Waals surface area contributed by atoms with Crippen LogP contribution in [0, 0.1) is 5.82 Å². The summed E-state index contributed by atoms with van der Waals surface area (Å²) in [6.45, 7) is 3.65. The third kappa shape index (κ3) is 3.74. The molecule has 5 nitrogen and oxygen atoms in total. The first-order valence-corrected chi connectivity index (χ1v) is 11.4. The van der Waals surface area contributed by atoms with E-state index in [1.807, 2.05) is 40.6 Å². The van der Waals surface area contributed by atoms with Gasteiger partial charge in [-0.2, -0.15) is 0 Å². The number of hydrogen-bond donors (Lipinski definition) is 0. The summed E-state index contributed by atoms with van der Waals surface area (Å²) in [4.78, 5) is 32.9. The van der Waals surface area contributed by atoms with Crippen LogP contribution in [0.25, 0.3) is 5.57 Å². The molecule has 0 unspecified atom stereocenters. The lowest BCUT2D eigenvalue weighted by molar-refractivity contribution is -0.120. The molecule has 1 aromatic heterocycles. The summed E-state index contributed by atoms with van der Waals surface area (Å²) in [5.41, 5.74) is 1.98. The van der Waals surface area contributed by atoms with Crippen LogP contribution in [-0.4, -0.2) is 47.8 Å². The summed E-state index contributed by atoms with van der Waals surface area (Å²) in [5.74, 6) is -1.52. The first-order chi connectivity index (χ1) is 15.6. The van der Waals surface area contributed by atoms with E-state index in [0.29, 0.717) is 24.4 Å². The number of para-hydroxylation sites is 1. The number of piperazine rings is 1. The number of benzene rings is 2. The van der Waals surface area contributed by atoms with E-state index in [-0.39, 0.29) is 5.69 Å². The van der Waals surface area contributed by atoms with Crippen LogP contribution in [-0.2, 0) is 16.1 Å². The van der Waals surface area contributed by atoms with Gasteiger partial charge in [0.05, 0.1) is 11.3 Å². The molecule has 3 heterocycles. The Kier molecular flexibility index (Phi) is 5.59. The van der Waals surface area contributed by atoms with Crippen molar-refractivity contribution in [1.82, 2.24) is 9.80 Å². The molecule has 0 spiro atoms. The molecule has 0 radical (unpaired) electrons. The standard InChI is InChI=1S/C25H22FN3O2S/c26-19-9-4-5-10-20(19)29-24(30)22(21-11-6-16-32-21)23(25(29)31)28-14-12-27(13-15-28)17-18-7-2-1-3-8-18/h1-11,16H,12-15,17H2. The van der Waals surface area contributed by atoms with Crippen LogP contribution in [0.3, 0.4) is 0 Å². The van der Waals surface area contributed by atoms with Crippen LogP contribution >= 0.6 is 11.3 Å². The third-order valence-electron chi connectivity index (χ3n) is 5.86. The largest absolute Gasteiger partial charge is 0.364 e. The van der Waals surface area contributed by atoms with Gasteiger partial charge in [0, 0.05) is 37.6 Å². The molecule has 2 aliphatic heterocycles. The second kappa shape index (κ2) is 8.68. The lowest BCUT2D eigenvalue weighted by atomic mass is 10.1. The molecule has 7 heteroatoms. The van der Waals surface area contributed by atoms with Crippen molar-refractivity contribution in [2.24, 2.45) is 0 Å². The van der Waals surface area contributed by atoms with Crippen molar-refractivity contribution < 1.29 is 14.0 Å². The van der Waals surface area contributed by atoms with E-state index in [1.165, 1.54) is 29.0 Å². The van der Waals surface area contributed by atoms with Gasteiger partial charge in [-0.05, 0) is 29.1 Å². The number of anilines is 1. The molecular weight excluding hydrogens is 425 g/mol. The number of carbonyl (C=O) groups is 2. The molecule has 162 valence electrons. The van der Waals surface area contributed by atoms with Gasteiger partial charge in [-0.1, -0.05) is 48.5 Å². The summed E-state index contributed by atoms with van der Waals surface area (Å²) < 4.78 is 14.5. The summed E-state index contributed by atoms with van der Waals surface area (Å²) in [6.07, 6.45) is 0. The van der Waals surface area contributed by atoms with Crippen LogP contribution < -0.4 is 4.90 Å². The van der Waals surface area contributed by atoms with Crippen molar-refractivity contribution >= 4 is 34.4 Å². The highest BCUT2D eigenvalue weighted by Gasteiger charge is 2.44. The fourth-order valence-electron chi connectivity index (χ4n) is 4.28. The molecule has 2 amide bonds. The maximum Gasteiger partial charge on any atom is 0.282 e. The first kappa shape index (κ1) is 20.6. The number of rotatable bonds is 5. The van der Waals surface area contributed by atoms with Crippen molar-refractivity contribution in [3.05, 3.63) is 94.1 Å². The van der Waals surface area contributed by atoms with E-state index < -0.39 is 17.6 Å². The summed E-state index contributed by atoms with van der Waals surface area (Å²) in [5, 5.41) is 1.88. The molecule has 2 aromatic carbocycles. The molecule has 0 aliphatic carbocycles. The molecule has 3 aromatic rings. The number of carbonyl (C=O) groups excluding carboxylic acids is 2. The van der Waals surface area contributed by atoms with Crippen molar-refractivity contribution in [1.29, 1.82) is 0 Å². The van der Waals surface area contributed by atoms with Gasteiger partial charge in [0.1, 0.15) is 11.5 Å². The Morgan fingerprint density at radius 1 is 0.812 bits per heavy atom. The van der Waals surface area contributed by atoms with Gasteiger partial charge in [-0.3, -0.25) is 14.5 Å². The van der Waals surface area contributed by atoms with Crippen molar-refractivity contribution in [2.75, 3.05) is 31.1 Å². The Labute approximate surface area is 190 Å². The zero-order valence-corrected chi connectivity index (χ0v) is 18.2. The smallest absolute Gasteiger partial charge is 0.282 e. The Morgan fingerprint density at radius 2 is 1.53 bits per heavy atom. The number of imide groups is 1. The zero-order chi connectivity index (χ0) is 22.1. The maximum absolute atomic E-state index is 14.5. The van der Waals surface area contributed by atoms with Crippen LogP contribution in [0.15, 0.2) is 77.8 Å². The lowest BCUT2D eigenvalue weighted by Crippen LogP contribution is -2.47. The fourth-order valence-corrected chi connectivity index (χ4v) is 5.04. The highest BCUT2D eigenvalue weighted by molar-refractivity contribution is 7.11. The van der Waals surface area contributed by atoms with Gasteiger partial charge in [-0.25, -0.2) is 9.29 Å². The molecule has 0 atom stereocenters. The van der Waals surface area contributed by atoms with Gasteiger partial charge >= 0.3 is 0 Å². The van der Waals surface area contributed by atoms with Gasteiger partial charge in [0.25, 0.3) is 11.8 Å². The number of nitrogens with zero attached hydrogens (tertiary/aromatic N) is 3. The van der Waals surface area contributed by atoms with Crippen LogP contribution in [0.1, 0.15) is 10.4 Å². The topological polar surface area (TPSA) is 43.9 Å². The number of hydrogen-bond acceptors (Lipinski definition) is 5. The first-order valence-electron chi connectivity index (χ1n) is 10.6. The second-order valence-corrected chi connectivity index (χ2v) is 8.79. The molecular formula is C25H22FN3O2S. The molecule has 0 bridgehead atoms. The summed E-state index contributed by atoms with van der Waals surface area (Å²) in [6, 6.07) is 19.9. The Balaban J connectivity index is 1.42. The minimum atomic E-state index is -0.589. The van der Waals surface area contributed by atoms with Crippen LogP contribution in [0.5, 0.6) is 0 Å². The van der Waals surface area contributed by atoms with E-state index in [2.05, 4.69) is 17.0 Å². The number of halogens is 1. The minimum absolute atomic E-state index is 0.00531. The molecule has 32 heavy (non-hydrogen) atoms. The van der Waals surface area contributed by atoms with E-state index in [4.69, 9.17) is 0 Å². The Morgan fingerprint density at radius 3 is 2.22 bits per heavy atom. The monoisotopic (exact) mass is 447 g/mol. The van der Waals surface area contributed by atoms with E-state index in [0.717, 1.165) is 29.4 Å². The van der Waals surface area contributed by atoms with Crippen LogP contribution in [0.4, 0.5) is 10.1 Å². The molecule has 0 N–H and O–H groups in total. The highest BCUT2D eigenvalue weighted by Crippen LogP contribution is 2.37. The van der Waals surface area contributed by atoms with Crippen LogP contribution in [0.2, 0.25) is 0 Å². The van der Waals surface area contributed by atoms with E-state index >= 15 is 0 Å². The molecule has 1 saturated heterocycles. The molecule has 5 rings (SSSR count). The SMILES string of the molecule is O=C1C(c2cccs2)=C(N2CCN(Cc3ccccc3)CC2)C(=O)N1c1ccccc1F. The van der Waals surface area contributed by atoms with E-state index in [1.54, 1.807) is 12.1 Å². The van der Waals surface area contributed by atoms with Crippen molar-refractivity contribution in [3.8, 4) is 0 Å². The third-order valence-corrected chi connectivity index (χ3v) is 6.75. The second-order valence-electron chi connectivity index (χ2n) is 7.85. The predicted octanol–water partition coefficient (Wildman–Crippen LogP) is 3.99. The quantitative estimate of drug-likeness (QED) is 0.555. The maximum atomic E-state index is 14.5. The van der Waals surface area contributed by atoms with Gasteiger partial charge < -0.3 is 4.90 Å². The molecule has 0 saturated carbocycles. The van der Waals surface area contributed by atoms with Crippen molar-refractivity contribution in [2.45, 2.75) is 6.54 Å². The number of amides is 2. The summed E-state index contributed by atoms with van der Waals surface area (Å²) in [7, 11) is 0. The fraction of sp³-hybridized carbons (Fsp3) is 0.200. The normalized spacial score (nSPS) is 17.5. The molecule has 2 aliphatic rings. The van der Waals surface area contributed by atoms with Gasteiger partial charge in [-0.15, -0.1) is 11.3 Å². The van der Waals surface area contributed by atoms with Gasteiger partial charge in [0.2, 0.25) is 0 Å². The van der Waals surface area contributed by atoms with Gasteiger partial charge in [0.15, 0.2) is 0 Å². The average Bonchev–Trinajstić information content (AvgIpc) is 3.42.